The molecule has 0 aliphatic carbocycles. The van der Waals surface area contributed by atoms with Gasteiger partial charge in [0.05, 0.1) is 31.7 Å². The van der Waals surface area contributed by atoms with Crippen LogP contribution in [-0.4, -0.2) is 41.9 Å². The van der Waals surface area contributed by atoms with Gasteiger partial charge in [-0.1, -0.05) is 34.1 Å². The van der Waals surface area contributed by atoms with Gasteiger partial charge in [-0.2, -0.15) is 5.10 Å². The lowest BCUT2D eigenvalue weighted by atomic mass is 10.1. The molecule has 0 bridgehead atoms. The molecule has 0 saturated carbocycles. The van der Waals surface area contributed by atoms with Crippen LogP contribution in [0.1, 0.15) is 17.2 Å². The summed E-state index contributed by atoms with van der Waals surface area (Å²) in [7, 11) is 1.68. The van der Waals surface area contributed by atoms with Gasteiger partial charge in [0.1, 0.15) is 5.75 Å². The normalized spacial score (nSPS) is 17.8. The zero-order valence-electron chi connectivity index (χ0n) is 15.2. The first-order valence-corrected chi connectivity index (χ1v) is 9.79. The first-order chi connectivity index (χ1) is 13.2. The molecule has 6 heteroatoms. The molecule has 5 nitrogen and oxygen atoms in total. The maximum absolute atomic E-state index is 6.03. The van der Waals surface area contributed by atoms with Gasteiger partial charge in [-0.15, -0.1) is 0 Å². The van der Waals surface area contributed by atoms with Crippen molar-refractivity contribution < 1.29 is 9.47 Å². The number of nitrogens with one attached hydrogen (secondary N) is 1. The maximum Gasteiger partial charge on any atom is 0.118 e. The van der Waals surface area contributed by atoms with E-state index in [2.05, 4.69) is 61.4 Å². The smallest absolute Gasteiger partial charge is 0.118 e. The predicted molar refractivity (Wildman–Crippen MR) is 109 cm³/mol. The second kappa shape index (κ2) is 8.25. The van der Waals surface area contributed by atoms with Crippen molar-refractivity contribution >= 4 is 15.9 Å². The van der Waals surface area contributed by atoms with Crippen molar-refractivity contribution in [3.05, 3.63) is 70.3 Å². The van der Waals surface area contributed by atoms with E-state index in [1.165, 1.54) is 11.1 Å². The van der Waals surface area contributed by atoms with Crippen molar-refractivity contribution in [3.63, 3.8) is 0 Å². The van der Waals surface area contributed by atoms with E-state index < -0.39 is 0 Å². The lowest BCUT2D eigenvalue weighted by Gasteiger charge is -2.33. The summed E-state index contributed by atoms with van der Waals surface area (Å²) in [5.74, 6) is 0.851. The largest absolute Gasteiger partial charge is 0.497 e. The summed E-state index contributed by atoms with van der Waals surface area (Å²) in [5.41, 5.74) is 4.55. The van der Waals surface area contributed by atoms with Gasteiger partial charge in [-0.3, -0.25) is 10.00 Å². The minimum absolute atomic E-state index is 0.0747. The van der Waals surface area contributed by atoms with Crippen LogP contribution in [0, 0.1) is 0 Å². The van der Waals surface area contributed by atoms with Crippen LogP contribution >= 0.6 is 15.9 Å². The Bertz CT molecular complexity index is 894. The fourth-order valence-electron chi connectivity index (χ4n) is 3.45. The minimum atomic E-state index is 0.0747. The number of aromatic nitrogens is 2. The quantitative estimate of drug-likeness (QED) is 0.654. The molecule has 0 spiro atoms. The summed E-state index contributed by atoms with van der Waals surface area (Å²) in [4.78, 5) is 2.42. The molecule has 2 aromatic carbocycles. The van der Waals surface area contributed by atoms with Crippen molar-refractivity contribution in [2.75, 3.05) is 26.8 Å². The Hall–Kier alpha value is -2.15. The van der Waals surface area contributed by atoms with E-state index in [1.807, 2.05) is 24.4 Å². The van der Waals surface area contributed by atoms with Crippen molar-refractivity contribution in [1.29, 1.82) is 0 Å². The monoisotopic (exact) mass is 427 g/mol. The molecule has 1 aromatic heterocycles. The average molecular weight is 428 g/mol. The molecule has 1 N–H and O–H groups in total. The van der Waals surface area contributed by atoms with E-state index in [0.717, 1.165) is 47.7 Å². The molecule has 27 heavy (non-hydrogen) atoms. The van der Waals surface area contributed by atoms with Crippen LogP contribution in [0.15, 0.2) is 59.2 Å². The second-order valence-electron chi connectivity index (χ2n) is 6.61. The highest BCUT2D eigenvalue weighted by molar-refractivity contribution is 9.10. The van der Waals surface area contributed by atoms with Crippen molar-refractivity contribution in [2.45, 2.75) is 12.6 Å². The summed E-state index contributed by atoms with van der Waals surface area (Å²) >= 11 is 3.64. The number of hydrogen-bond donors (Lipinski definition) is 1. The van der Waals surface area contributed by atoms with E-state index >= 15 is 0 Å². The summed E-state index contributed by atoms with van der Waals surface area (Å²) in [6.45, 7) is 3.33. The third-order valence-corrected chi connectivity index (χ3v) is 5.62. The van der Waals surface area contributed by atoms with Gasteiger partial charge in [0.2, 0.25) is 0 Å². The van der Waals surface area contributed by atoms with Crippen LogP contribution in [0.2, 0.25) is 0 Å². The Balaban J connectivity index is 1.49. The fourth-order valence-corrected chi connectivity index (χ4v) is 3.99. The van der Waals surface area contributed by atoms with Crippen LogP contribution in [-0.2, 0) is 11.3 Å². The van der Waals surface area contributed by atoms with Gasteiger partial charge in [-0.25, -0.2) is 0 Å². The topological polar surface area (TPSA) is 50.4 Å². The van der Waals surface area contributed by atoms with Gasteiger partial charge in [-0.05, 0) is 35.9 Å². The lowest BCUT2D eigenvalue weighted by molar-refractivity contribution is -0.0332. The molecule has 1 saturated heterocycles. The highest BCUT2D eigenvalue weighted by Crippen LogP contribution is 2.30. The number of halogens is 1. The van der Waals surface area contributed by atoms with Crippen LogP contribution in [0.3, 0.4) is 0 Å². The van der Waals surface area contributed by atoms with Crippen LogP contribution in [0.25, 0.3) is 11.3 Å². The molecular formula is C21H22BrN3O2. The van der Waals surface area contributed by atoms with E-state index in [-0.39, 0.29) is 6.10 Å². The Labute approximate surface area is 167 Å². The second-order valence-corrected chi connectivity index (χ2v) is 7.47. The molecule has 0 amide bonds. The summed E-state index contributed by atoms with van der Waals surface area (Å²) < 4.78 is 12.4. The number of aromatic amines is 1. The lowest BCUT2D eigenvalue weighted by Crippen LogP contribution is -2.37. The number of nitrogens with zero attached hydrogens (tertiary/aromatic N) is 2. The van der Waals surface area contributed by atoms with Gasteiger partial charge < -0.3 is 9.47 Å². The Morgan fingerprint density at radius 2 is 2.04 bits per heavy atom. The fraction of sp³-hybridized carbons (Fsp3) is 0.286. The molecule has 1 fully saturated rings. The first kappa shape index (κ1) is 18.2. The highest BCUT2D eigenvalue weighted by atomic mass is 79.9. The molecule has 140 valence electrons. The third kappa shape index (κ3) is 4.08. The summed E-state index contributed by atoms with van der Waals surface area (Å²) in [6, 6.07) is 16.3. The van der Waals surface area contributed by atoms with E-state index in [0.29, 0.717) is 0 Å². The molecule has 4 rings (SSSR count). The molecular weight excluding hydrogens is 406 g/mol. The third-order valence-electron chi connectivity index (χ3n) is 4.89. The number of benzene rings is 2. The van der Waals surface area contributed by atoms with Gasteiger partial charge in [0.25, 0.3) is 0 Å². The summed E-state index contributed by atoms with van der Waals surface area (Å²) in [6.07, 6.45) is 1.99. The molecule has 1 aliphatic heterocycles. The average Bonchev–Trinajstić information content (AvgIpc) is 3.17. The molecule has 3 aromatic rings. The van der Waals surface area contributed by atoms with Crippen LogP contribution in [0.4, 0.5) is 0 Å². The number of hydrogen-bond acceptors (Lipinski definition) is 4. The van der Waals surface area contributed by atoms with Gasteiger partial charge in [0, 0.05) is 35.2 Å². The number of ether oxygens (including phenoxy) is 2. The molecule has 1 unspecified atom stereocenters. The van der Waals surface area contributed by atoms with Crippen molar-refractivity contribution in [1.82, 2.24) is 15.1 Å². The van der Waals surface area contributed by atoms with Crippen LogP contribution in [0.5, 0.6) is 5.75 Å². The number of H-pyrrole nitrogens is 1. The van der Waals surface area contributed by atoms with Gasteiger partial charge in [0.15, 0.2) is 0 Å². The SMILES string of the molecule is COc1ccc(-c2[nH]ncc2CN2CCOC(c3ccccc3Br)C2)cc1. The minimum Gasteiger partial charge on any atom is -0.497 e. The maximum atomic E-state index is 6.03. The predicted octanol–water partition coefficient (Wildman–Crippen LogP) is 4.42. The zero-order chi connectivity index (χ0) is 18.6. The van der Waals surface area contributed by atoms with Gasteiger partial charge >= 0.3 is 0 Å². The summed E-state index contributed by atoms with van der Waals surface area (Å²) in [5, 5.41) is 7.42. The molecule has 1 atom stereocenters. The van der Waals surface area contributed by atoms with E-state index in [4.69, 9.17) is 9.47 Å². The first-order valence-electron chi connectivity index (χ1n) is 8.99. The number of methoxy groups -OCH3 is 1. The Morgan fingerprint density at radius 3 is 2.81 bits per heavy atom. The van der Waals surface area contributed by atoms with Crippen molar-refractivity contribution in [2.24, 2.45) is 0 Å². The zero-order valence-corrected chi connectivity index (χ0v) is 16.8. The Morgan fingerprint density at radius 1 is 1.22 bits per heavy atom. The molecule has 0 radical (unpaired) electrons. The molecule has 1 aliphatic rings. The van der Waals surface area contributed by atoms with Crippen molar-refractivity contribution in [3.8, 4) is 17.0 Å². The number of rotatable bonds is 5. The standard InChI is InChI=1S/C21H22BrN3O2/c1-26-17-8-6-15(7-9-17)21-16(12-23-24-21)13-25-10-11-27-20(14-25)18-4-2-3-5-19(18)22/h2-9,12,20H,10-11,13-14H2,1H3,(H,23,24). The van der Waals surface area contributed by atoms with E-state index in [9.17, 15) is 0 Å². The Kier molecular flexibility index (Phi) is 5.57. The van der Waals surface area contributed by atoms with Crippen LogP contribution < -0.4 is 4.74 Å². The molecule has 2 heterocycles. The highest BCUT2D eigenvalue weighted by Gasteiger charge is 2.24. The van der Waals surface area contributed by atoms with E-state index in [1.54, 1.807) is 7.11 Å². The number of morpholine rings is 1.